The summed E-state index contributed by atoms with van der Waals surface area (Å²) in [6.07, 6.45) is 4.20. The van der Waals surface area contributed by atoms with Gasteiger partial charge in [-0.25, -0.2) is 0 Å². The van der Waals surface area contributed by atoms with Gasteiger partial charge in [0.05, 0.1) is 36.6 Å². The van der Waals surface area contributed by atoms with Gasteiger partial charge < -0.3 is 29.7 Å². The molecule has 2 N–H and O–H groups in total. The molecule has 3 aliphatic heterocycles. The minimum absolute atomic E-state index is 0.105. The van der Waals surface area contributed by atoms with Gasteiger partial charge >= 0.3 is 5.97 Å². The summed E-state index contributed by atoms with van der Waals surface area (Å²) >= 11 is 3.76. The van der Waals surface area contributed by atoms with Crippen LogP contribution in [0.4, 0.5) is 5.69 Å². The number of aliphatic hydroxyl groups is 1. The Morgan fingerprint density at radius 1 is 1.18 bits per heavy atom. The monoisotopic (exact) mass is 763 g/mol. The third-order valence-corrected chi connectivity index (χ3v) is 11.7. The molecule has 3 fully saturated rings. The number of allylic oxidation sites excluding steroid dienone is 1. The molecule has 3 aliphatic rings. The van der Waals surface area contributed by atoms with E-state index < -0.39 is 53.5 Å². The molecule has 3 heterocycles. The third kappa shape index (κ3) is 7.30. The van der Waals surface area contributed by atoms with Gasteiger partial charge in [-0.15, -0.1) is 13.2 Å². The van der Waals surface area contributed by atoms with E-state index in [9.17, 15) is 19.5 Å². The SMILES string of the molecule is C=CCCC(=O)OC[C@H](NC(=O)[C@H]1[C@@H]2O[C@@]3(CC2Br)[C@@H]1C(=O)N([C@@H](CO)[C@@H](C)CC)[C@@H]3C(=O)N(CC=C)c1cc(C)ccc1C)c1ccccc1. The predicted octanol–water partition coefficient (Wildman–Crippen LogP) is 5.34. The number of fused-ring (bicyclic) bond motifs is 1. The molecule has 2 aromatic rings. The Morgan fingerprint density at radius 2 is 1.90 bits per heavy atom. The number of nitrogens with one attached hydrogen (secondary N) is 1. The molecule has 11 heteroatoms. The Bertz CT molecular complexity index is 1630. The summed E-state index contributed by atoms with van der Waals surface area (Å²) in [6, 6.07) is 12.6. The Balaban J connectivity index is 1.55. The van der Waals surface area contributed by atoms with E-state index in [2.05, 4.69) is 34.4 Å². The zero-order chi connectivity index (χ0) is 37.0. The molecule has 2 bridgehead atoms. The van der Waals surface area contributed by atoms with Gasteiger partial charge in [0.2, 0.25) is 11.8 Å². The van der Waals surface area contributed by atoms with Crippen LogP contribution in [-0.2, 0) is 28.7 Å². The van der Waals surface area contributed by atoms with Gasteiger partial charge in [-0.1, -0.05) is 90.8 Å². The maximum absolute atomic E-state index is 15.1. The van der Waals surface area contributed by atoms with Crippen LogP contribution in [0.1, 0.15) is 62.3 Å². The molecule has 51 heavy (non-hydrogen) atoms. The predicted molar refractivity (Wildman–Crippen MR) is 199 cm³/mol. The van der Waals surface area contributed by atoms with Crippen LogP contribution in [0.5, 0.6) is 0 Å². The lowest BCUT2D eigenvalue weighted by Crippen LogP contribution is -2.60. The zero-order valence-electron chi connectivity index (χ0n) is 29.9. The molecular formula is C40H50BrN3O7. The summed E-state index contributed by atoms with van der Waals surface area (Å²) in [5.74, 6) is -3.68. The van der Waals surface area contributed by atoms with E-state index in [1.807, 2.05) is 76.2 Å². The molecular weight excluding hydrogens is 714 g/mol. The standard InChI is InChI=1S/C40H50BrN3O7/c1-7-10-16-32(46)50-23-29(27-14-12-11-13-15-27)42-37(47)33-34-38(48)44(31(22-45)25(5)9-3)36(40(34)21-28(41)35(33)51-40)39(49)43(19-8-2)30-20-24(4)17-18-26(30)6/h7-8,11-15,17-18,20,25,28-29,31,33-36,45H,1-2,9-10,16,19,21-23H2,3-6H3,(H,42,47)/t25-,28?,29-,31-,33+,34-,35+,36+,40-/m0/s1. The van der Waals surface area contributed by atoms with Crippen molar-refractivity contribution in [2.45, 2.75) is 88.0 Å². The highest BCUT2D eigenvalue weighted by molar-refractivity contribution is 9.09. The lowest BCUT2D eigenvalue weighted by atomic mass is 9.70. The molecule has 0 aliphatic carbocycles. The van der Waals surface area contributed by atoms with Crippen molar-refractivity contribution in [2.75, 3.05) is 24.7 Å². The van der Waals surface area contributed by atoms with Crippen LogP contribution >= 0.6 is 15.9 Å². The van der Waals surface area contributed by atoms with Crippen LogP contribution in [0.15, 0.2) is 73.8 Å². The van der Waals surface area contributed by atoms with E-state index in [0.29, 0.717) is 24.9 Å². The number of aliphatic hydroxyl groups excluding tert-OH is 1. The average molecular weight is 765 g/mol. The Kier molecular flexibility index (Phi) is 12.2. The Hall–Kier alpha value is -3.80. The van der Waals surface area contributed by atoms with E-state index in [1.165, 1.54) is 4.90 Å². The summed E-state index contributed by atoms with van der Waals surface area (Å²) in [5, 5.41) is 13.9. The molecule has 0 saturated carbocycles. The fourth-order valence-corrected chi connectivity index (χ4v) is 9.00. The van der Waals surface area contributed by atoms with Crippen molar-refractivity contribution in [3.05, 3.63) is 90.5 Å². The number of nitrogens with zero attached hydrogens (tertiary/aromatic N) is 2. The number of alkyl halides is 1. The van der Waals surface area contributed by atoms with E-state index in [-0.39, 0.29) is 48.7 Å². The largest absolute Gasteiger partial charge is 0.463 e. The molecule has 2 aromatic carbocycles. The van der Waals surface area contributed by atoms with Crippen LogP contribution in [0.2, 0.25) is 0 Å². The lowest BCUT2D eigenvalue weighted by Gasteiger charge is -2.41. The lowest BCUT2D eigenvalue weighted by molar-refractivity contribution is -0.147. The Morgan fingerprint density at radius 3 is 2.55 bits per heavy atom. The van der Waals surface area contributed by atoms with Gasteiger partial charge in [0, 0.05) is 23.5 Å². The quantitative estimate of drug-likeness (QED) is 0.134. The molecule has 1 spiro atoms. The summed E-state index contributed by atoms with van der Waals surface area (Å²) in [7, 11) is 0. The van der Waals surface area contributed by atoms with Crippen LogP contribution in [0.3, 0.4) is 0 Å². The normalized spacial score (nSPS) is 26.6. The van der Waals surface area contributed by atoms with Crippen LogP contribution in [-0.4, -0.2) is 82.1 Å². The van der Waals surface area contributed by atoms with Crippen molar-refractivity contribution in [3.63, 3.8) is 0 Å². The van der Waals surface area contributed by atoms with Crippen molar-refractivity contribution in [1.29, 1.82) is 0 Å². The maximum Gasteiger partial charge on any atom is 0.306 e. The first-order valence-corrected chi connectivity index (χ1v) is 18.7. The first-order valence-electron chi connectivity index (χ1n) is 17.8. The number of hydrogen-bond acceptors (Lipinski definition) is 7. The van der Waals surface area contributed by atoms with E-state index in [1.54, 1.807) is 17.1 Å². The summed E-state index contributed by atoms with van der Waals surface area (Å²) in [4.78, 5) is 59.9. The summed E-state index contributed by atoms with van der Waals surface area (Å²) in [5.41, 5.74) is 1.93. The van der Waals surface area contributed by atoms with E-state index >= 15 is 4.79 Å². The number of carbonyl (C=O) groups excluding carboxylic acids is 4. The van der Waals surface area contributed by atoms with Crippen molar-refractivity contribution in [2.24, 2.45) is 17.8 Å². The van der Waals surface area contributed by atoms with Crippen molar-refractivity contribution >= 4 is 45.3 Å². The highest BCUT2D eigenvalue weighted by atomic mass is 79.9. The first-order chi connectivity index (χ1) is 24.4. The number of esters is 1. The summed E-state index contributed by atoms with van der Waals surface area (Å²) < 4.78 is 12.4. The molecule has 3 saturated heterocycles. The number of rotatable bonds is 16. The van der Waals surface area contributed by atoms with Gasteiger partial charge in [0.25, 0.3) is 5.91 Å². The van der Waals surface area contributed by atoms with Gasteiger partial charge in [0.1, 0.15) is 18.2 Å². The molecule has 5 rings (SSSR count). The van der Waals surface area contributed by atoms with E-state index in [4.69, 9.17) is 9.47 Å². The second kappa shape index (κ2) is 16.3. The van der Waals surface area contributed by atoms with Gasteiger partial charge in [-0.05, 0) is 55.4 Å². The number of carbonyl (C=O) groups is 4. The number of halogens is 1. The molecule has 1 unspecified atom stereocenters. The smallest absolute Gasteiger partial charge is 0.306 e. The average Bonchev–Trinajstić information content (AvgIpc) is 3.72. The number of amides is 3. The number of likely N-dealkylation sites (tertiary alicyclic amines) is 1. The molecule has 3 amide bonds. The third-order valence-electron chi connectivity index (χ3n) is 10.8. The fourth-order valence-electron chi connectivity index (χ4n) is 8.05. The topological polar surface area (TPSA) is 125 Å². The molecule has 274 valence electrons. The van der Waals surface area contributed by atoms with Crippen molar-refractivity contribution in [3.8, 4) is 0 Å². The number of anilines is 1. The highest BCUT2D eigenvalue weighted by Gasteiger charge is 2.77. The molecule has 10 nitrogen and oxygen atoms in total. The minimum Gasteiger partial charge on any atom is -0.463 e. The Labute approximate surface area is 309 Å². The van der Waals surface area contributed by atoms with Crippen LogP contribution in [0, 0.1) is 31.6 Å². The number of aryl methyl sites for hydroxylation is 2. The summed E-state index contributed by atoms with van der Waals surface area (Å²) in [6.45, 7) is 15.1. The fraction of sp³-hybridized carbons (Fsp3) is 0.500. The van der Waals surface area contributed by atoms with Crippen molar-refractivity contribution < 1.29 is 33.8 Å². The van der Waals surface area contributed by atoms with Crippen LogP contribution in [0.25, 0.3) is 0 Å². The second-order valence-electron chi connectivity index (χ2n) is 14.1. The van der Waals surface area contributed by atoms with Crippen molar-refractivity contribution in [1.82, 2.24) is 10.2 Å². The van der Waals surface area contributed by atoms with Crippen LogP contribution < -0.4 is 10.2 Å². The second-order valence-corrected chi connectivity index (χ2v) is 15.2. The maximum atomic E-state index is 15.1. The number of ether oxygens (including phenoxy) is 2. The van der Waals surface area contributed by atoms with Gasteiger partial charge in [-0.3, -0.25) is 19.2 Å². The number of benzene rings is 2. The molecule has 0 aromatic heterocycles. The minimum atomic E-state index is -1.34. The zero-order valence-corrected chi connectivity index (χ0v) is 31.5. The first kappa shape index (κ1) is 38.4. The number of hydrogen-bond donors (Lipinski definition) is 2. The van der Waals surface area contributed by atoms with E-state index in [0.717, 1.165) is 16.7 Å². The highest BCUT2D eigenvalue weighted by Crippen LogP contribution is 2.61. The van der Waals surface area contributed by atoms with Gasteiger partial charge in [-0.2, -0.15) is 0 Å². The molecule has 9 atom stereocenters. The van der Waals surface area contributed by atoms with Gasteiger partial charge in [0.15, 0.2) is 0 Å². The molecule has 0 radical (unpaired) electrons.